The van der Waals surface area contributed by atoms with E-state index in [9.17, 15) is 22.9 Å². The summed E-state index contributed by atoms with van der Waals surface area (Å²) in [6, 6.07) is 3.35. The van der Waals surface area contributed by atoms with E-state index in [0.717, 1.165) is 18.5 Å². The molecule has 0 saturated heterocycles. The van der Waals surface area contributed by atoms with Crippen LogP contribution in [0, 0.1) is 15.9 Å². The van der Waals surface area contributed by atoms with Crippen LogP contribution in [-0.4, -0.2) is 23.3 Å². The van der Waals surface area contributed by atoms with Gasteiger partial charge in [0.2, 0.25) is 5.82 Å². The van der Waals surface area contributed by atoms with Crippen LogP contribution >= 0.6 is 11.6 Å². The van der Waals surface area contributed by atoms with Gasteiger partial charge in [0.1, 0.15) is 17.3 Å². The summed E-state index contributed by atoms with van der Waals surface area (Å²) in [5.74, 6) is -1.26. The first-order valence-electron chi connectivity index (χ1n) is 5.24. The third kappa shape index (κ3) is 3.41. The van der Waals surface area contributed by atoms with E-state index in [1.54, 1.807) is 0 Å². The number of anilines is 1. The van der Waals surface area contributed by atoms with Crippen molar-refractivity contribution in [3.8, 4) is 0 Å². The molecule has 0 spiro atoms. The summed E-state index contributed by atoms with van der Waals surface area (Å²) in [4.78, 5) is 16.3. The Labute approximate surface area is 122 Å². The van der Waals surface area contributed by atoms with E-state index in [-0.39, 0.29) is 11.0 Å². The summed E-state index contributed by atoms with van der Waals surface area (Å²) in [6.07, 6.45) is 1.04. The van der Waals surface area contributed by atoms with Gasteiger partial charge in [-0.25, -0.2) is 18.4 Å². The molecule has 0 fully saturated rings. The first-order chi connectivity index (χ1) is 9.79. The Morgan fingerprint density at radius 2 is 2.00 bits per heavy atom. The predicted molar refractivity (Wildman–Crippen MR) is 70.9 cm³/mol. The first kappa shape index (κ1) is 15.1. The van der Waals surface area contributed by atoms with E-state index in [1.807, 2.05) is 0 Å². The fraction of sp³-hybridized carbons (Fsp3) is 0. The molecule has 1 aromatic carbocycles. The van der Waals surface area contributed by atoms with Crippen LogP contribution in [0.2, 0.25) is 5.15 Å². The Morgan fingerprint density at radius 1 is 1.29 bits per heavy atom. The molecular formula is C10H6ClFN4O4S. The molecule has 0 radical (unpaired) electrons. The monoisotopic (exact) mass is 332 g/mol. The van der Waals surface area contributed by atoms with E-state index >= 15 is 0 Å². The van der Waals surface area contributed by atoms with Gasteiger partial charge in [0.15, 0.2) is 0 Å². The second-order valence-corrected chi connectivity index (χ2v) is 5.77. The van der Waals surface area contributed by atoms with Gasteiger partial charge in [0.05, 0.1) is 9.82 Å². The van der Waals surface area contributed by atoms with E-state index in [2.05, 4.69) is 14.7 Å². The Balaban J connectivity index is 2.40. The molecule has 0 amide bonds. The van der Waals surface area contributed by atoms with Crippen LogP contribution in [0.3, 0.4) is 0 Å². The average molecular weight is 333 g/mol. The van der Waals surface area contributed by atoms with E-state index in [1.165, 1.54) is 0 Å². The van der Waals surface area contributed by atoms with Crippen LogP contribution in [-0.2, 0) is 10.0 Å². The minimum absolute atomic E-state index is 0.00721. The lowest BCUT2D eigenvalue weighted by Gasteiger charge is -2.07. The van der Waals surface area contributed by atoms with Gasteiger partial charge in [0, 0.05) is 12.1 Å². The van der Waals surface area contributed by atoms with Crippen LogP contribution in [0.1, 0.15) is 0 Å². The molecule has 0 bridgehead atoms. The quantitative estimate of drug-likeness (QED) is 0.520. The SMILES string of the molecule is O=[N+]([O-])c1cc(S(=O)(=O)Nc2cc(Cl)ncn2)ccc1F. The van der Waals surface area contributed by atoms with Crippen molar-refractivity contribution in [2.75, 3.05) is 4.72 Å². The molecule has 1 aromatic heterocycles. The number of nitro groups is 1. The number of nitro benzene ring substituents is 1. The highest BCUT2D eigenvalue weighted by Crippen LogP contribution is 2.23. The maximum Gasteiger partial charge on any atom is 0.306 e. The van der Waals surface area contributed by atoms with Crippen LogP contribution in [0.25, 0.3) is 0 Å². The Bertz CT molecular complexity index is 814. The third-order valence-electron chi connectivity index (χ3n) is 2.30. The molecule has 110 valence electrons. The van der Waals surface area contributed by atoms with Crippen molar-refractivity contribution in [1.82, 2.24) is 9.97 Å². The summed E-state index contributed by atoms with van der Waals surface area (Å²) in [5, 5.41) is 10.6. The van der Waals surface area contributed by atoms with Crippen molar-refractivity contribution in [3.63, 3.8) is 0 Å². The number of sulfonamides is 1. The highest BCUT2D eigenvalue weighted by Gasteiger charge is 2.22. The van der Waals surface area contributed by atoms with Gasteiger partial charge in [-0.2, -0.15) is 4.39 Å². The van der Waals surface area contributed by atoms with Crippen molar-refractivity contribution in [2.45, 2.75) is 4.90 Å². The summed E-state index contributed by atoms with van der Waals surface area (Å²) < 4.78 is 39.3. The first-order valence-corrected chi connectivity index (χ1v) is 7.10. The molecule has 21 heavy (non-hydrogen) atoms. The Kier molecular flexibility index (Phi) is 4.00. The number of benzene rings is 1. The zero-order valence-corrected chi connectivity index (χ0v) is 11.6. The molecule has 8 nitrogen and oxygen atoms in total. The summed E-state index contributed by atoms with van der Waals surface area (Å²) >= 11 is 5.58. The predicted octanol–water partition coefficient (Wildman–Crippen LogP) is 1.98. The van der Waals surface area contributed by atoms with Crippen molar-refractivity contribution < 1.29 is 17.7 Å². The molecule has 0 unspecified atom stereocenters. The number of nitrogens with one attached hydrogen (secondary N) is 1. The number of aromatic nitrogens is 2. The molecule has 0 aliphatic rings. The second kappa shape index (κ2) is 5.58. The van der Waals surface area contributed by atoms with Crippen molar-refractivity contribution in [3.05, 3.63) is 51.7 Å². The minimum atomic E-state index is -4.17. The lowest BCUT2D eigenvalue weighted by molar-refractivity contribution is -0.387. The van der Waals surface area contributed by atoms with Gasteiger partial charge in [-0.15, -0.1) is 0 Å². The highest BCUT2D eigenvalue weighted by molar-refractivity contribution is 7.92. The fourth-order valence-corrected chi connectivity index (χ4v) is 2.55. The molecule has 1 N–H and O–H groups in total. The van der Waals surface area contributed by atoms with Crippen LogP contribution in [0.5, 0.6) is 0 Å². The summed E-state index contributed by atoms with van der Waals surface area (Å²) in [7, 11) is -4.17. The molecule has 2 rings (SSSR count). The third-order valence-corrected chi connectivity index (χ3v) is 3.86. The zero-order chi connectivity index (χ0) is 15.6. The van der Waals surface area contributed by atoms with Gasteiger partial charge < -0.3 is 0 Å². The molecule has 0 atom stereocenters. The topological polar surface area (TPSA) is 115 Å². The molecule has 0 saturated carbocycles. The van der Waals surface area contributed by atoms with Crippen molar-refractivity contribution >= 4 is 33.1 Å². The van der Waals surface area contributed by atoms with Gasteiger partial charge >= 0.3 is 5.69 Å². The highest BCUT2D eigenvalue weighted by atomic mass is 35.5. The molecule has 1 heterocycles. The maximum absolute atomic E-state index is 13.2. The smallest absolute Gasteiger partial charge is 0.263 e. The van der Waals surface area contributed by atoms with Gasteiger partial charge in [-0.1, -0.05) is 11.6 Å². The second-order valence-electron chi connectivity index (χ2n) is 3.70. The van der Waals surface area contributed by atoms with Gasteiger partial charge in [-0.05, 0) is 12.1 Å². The maximum atomic E-state index is 13.2. The Hall–Kier alpha value is -2.33. The number of rotatable bonds is 4. The van der Waals surface area contributed by atoms with E-state index in [4.69, 9.17) is 11.6 Å². The zero-order valence-electron chi connectivity index (χ0n) is 10.0. The number of halogens is 2. The van der Waals surface area contributed by atoms with Crippen LogP contribution in [0.4, 0.5) is 15.9 Å². The van der Waals surface area contributed by atoms with Crippen LogP contribution < -0.4 is 4.72 Å². The molecule has 0 aliphatic carbocycles. The summed E-state index contributed by atoms with van der Waals surface area (Å²) in [5.41, 5.74) is -0.946. The van der Waals surface area contributed by atoms with Gasteiger partial charge in [-0.3, -0.25) is 14.8 Å². The largest absolute Gasteiger partial charge is 0.306 e. The van der Waals surface area contributed by atoms with E-state index < -0.39 is 31.3 Å². The minimum Gasteiger partial charge on any atom is -0.263 e. The average Bonchev–Trinajstić information content (AvgIpc) is 2.38. The number of hydrogen-bond acceptors (Lipinski definition) is 6. The Morgan fingerprint density at radius 3 is 2.62 bits per heavy atom. The molecular weight excluding hydrogens is 327 g/mol. The molecule has 0 aliphatic heterocycles. The lowest BCUT2D eigenvalue weighted by Crippen LogP contribution is -2.14. The molecule has 2 aromatic rings. The van der Waals surface area contributed by atoms with Crippen molar-refractivity contribution in [2.24, 2.45) is 0 Å². The number of hydrogen-bond donors (Lipinski definition) is 1. The summed E-state index contributed by atoms with van der Waals surface area (Å²) in [6.45, 7) is 0. The number of nitrogens with zero attached hydrogens (tertiary/aromatic N) is 3. The normalized spacial score (nSPS) is 11.1. The fourth-order valence-electron chi connectivity index (χ4n) is 1.39. The lowest BCUT2D eigenvalue weighted by atomic mass is 10.3. The van der Waals surface area contributed by atoms with E-state index in [0.29, 0.717) is 12.1 Å². The van der Waals surface area contributed by atoms with Gasteiger partial charge in [0.25, 0.3) is 10.0 Å². The van der Waals surface area contributed by atoms with Crippen molar-refractivity contribution in [1.29, 1.82) is 0 Å². The molecule has 11 heteroatoms. The van der Waals surface area contributed by atoms with Crippen LogP contribution in [0.15, 0.2) is 35.5 Å². The standard InChI is InChI=1S/C10H6ClFN4O4S/c11-9-4-10(14-5-13-9)15-21(19,20)6-1-2-7(12)8(3-6)16(17)18/h1-5H,(H,13,14,15).